The standard InChI is InChI=1S/C28H34N6O4/c1-18(2)34-23-7-6-21(16-22(23)30-31-34)28(35)32-11-8-20(9-12-32)27-29-10-13-33(27)17-19-14-24(36-3)26(38-5)25(15-19)37-4/h6-7,10,13-16,18,20H,8-9,11-12,17H2,1-5H3. The second-order valence-corrected chi connectivity index (χ2v) is 9.84. The fourth-order valence-corrected chi connectivity index (χ4v) is 5.22. The molecule has 1 aliphatic heterocycles. The molecule has 1 fully saturated rings. The SMILES string of the molecule is COc1cc(Cn2ccnc2C2CCN(C(=O)c3ccc4c(c3)nnn4C(C)C)CC2)cc(OC)c1OC. The van der Waals surface area contributed by atoms with E-state index in [-0.39, 0.29) is 17.9 Å². The maximum atomic E-state index is 13.3. The van der Waals surface area contributed by atoms with Gasteiger partial charge in [0.15, 0.2) is 11.5 Å². The number of methoxy groups -OCH3 is 3. The molecule has 0 atom stereocenters. The summed E-state index contributed by atoms with van der Waals surface area (Å²) < 4.78 is 20.5. The molecule has 4 aromatic rings. The molecule has 0 saturated carbocycles. The van der Waals surface area contributed by atoms with E-state index in [0.29, 0.717) is 42.4 Å². The Morgan fingerprint density at radius 1 is 1.03 bits per heavy atom. The average Bonchev–Trinajstić information content (AvgIpc) is 3.59. The number of rotatable bonds is 8. The van der Waals surface area contributed by atoms with Crippen LogP contribution in [0.25, 0.3) is 11.0 Å². The molecule has 0 bridgehead atoms. The molecule has 3 heterocycles. The van der Waals surface area contributed by atoms with Crippen LogP contribution in [0.1, 0.15) is 60.4 Å². The fraction of sp³-hybridized carbons (Fsp3) is 0.429. The summed E-state index contributed by atoms with van der Waals surface area (Å²) in [5.74, 6) is 3.15. The van der Waals surface area contributed by atoms with Gasteiger partial charge in [-0.25, -0.2) is 9.67 Å². The molecule has 10 heteroatoms. The van der Waals surface area contributed by atoms with Crippen LogP contribution < -0.4 is 14.2 Å². The fourth-order valence-electron chi connectivity index (χ4n) is 5.22. The van der Waals surface area contributed by atoms with Crippen molar-refractivity contribution in [3.05, 3.63) is 59.7 Å². The van der Waals surface area contributed by atoms with Crippen molar-refractivity contribution in [2.45, 2.75) is 45.2 Å². The van der Waals surface area contributed by atoms with Crippen molar-refractivity contribution >= 4 is 16.9 Å². The zero-order valence-corrected chi connectivity index (χ0v) is 22.5. The van der Waals surface area contributed by atoms with E-state index in [0.717, 1.165) is 35.3 Å². The van der Waals surface area contributed by atoms with Gasteiger partial charge in [0.1, 0.15) is 11.3 Å². The van der Waals surface area contributed by atoms with Gasteiger partial charge in [0, 0.05) is 49.6 Å². The zero-order valence-electron chi connectivity index (χ0n) is 22.5. The van der Waals surface area contributed by atoms with E-state index >= 15 is 0 Å². The topological polar surface area (TPSA) is 96.5 Å². The molecule has 10 nitrogen and oxygen atoms in total. The largest absolute Gasteiger partial charge is 0.493 e. The lowest BCUT2D eigenvalue weighted by Crippen LogP contribution is -2.38. The number of hydrogen-bond acceptors (Lipinski definition) is 7. The van der Waals surface area contributed by atoms with Gasteiger partial charge in [0.2, 0.25) is 5.75 Å². The molecule has 38 heavy (non-hydrogen) atoms. The molecular formula is C28H34N6O4. The van der Waals surface area contributed by atoms with Crippen LogP contribution in [0.15, 0.2) is 42.7 Å². The Morgan fingerprint density at radius 2 is 1.74 bits per heavy atom. The molecule has 0 unspecified atom stereocenters. The first kappa shape index (κ1) is 25.6. The van der Waals surface area contributed by atoms with Crippen molar-refractivity contribution in [3.8, 4) is 17.2 Å². The predicted octanol–water partition coefficient (Wildman–Crippen LogP) is 4.30. The highest BCUT2D eigenvalue weighted by molar-refractivity contribution is 5.97. The van der Waals surface area contributed by atoms with Crippen LogP contribution >= 0.6 is 0 Å². The quantitative estimate of drug-likeness (QED) is 0.343. The van der Waals surface area contributed by atoms with Gasteiger partial charge in [-0.3, -0.25) is 4.79 Å². The smallest absolute Gasteiger partial charge is 0.253 e. The Bertz CT molecular complexity index is 1410. The lowest BCUT2D eigenvalue weighted by Gasteiger charge is -2.32. The van der Waals surface area contributed by atoms with Crippen LogP contribution in [0.3, 0.4) is 0 Å². The van der Waals surface area contributed by atoms with Gasteiger partial charge >= 0.3 is 0 Å². The summed E-state index contributed by atoms with van der Waals surface area (Å²) in [7, 11) is 4.83. The van der Waals surface area contributed by atoms with Gasteiger partial charge in [0.05, 0.1) is 26.8 Å². The number of aromatic nitrogens is 5. The summed E-state index contributed by atoms with van der Waals surface area (Å²) in [6.07, 6.45) is 5.54. The first-order valence-corrected chi connectivity index (χ1v) is 12.9. The Kier molecular flexibility index (Phi) is 7.22. The van der Waals surface area contributed by atoms with Crippen LogP contribution in [-0.2, 0) is 6.54 Å². The summed E-state index contributed by atoms with van der Waals surface area (Å²) in [5.41, 5.74) is 3.36. The molecule has 5 rings (SSSR count). The first-order chi connectivity index (χ1) is 18.4. The lowest BCUT2D eigenvalue weighted by molar-refractivity contribution is 0.0710. The van der Waals surface area contributed by atoms with Crippen LogP contribution in [-0.4, -0.2) is 69.8 Å². The van der Waals surface area contributed by atoms with Gasteiger partial charge in [-0.2, -0.15) is 0 Å². The normalized spacial score (nSPS) is 14.3. The number of piperidine rings is 1. The van der Waals surface area contributed by atoms with E-state index in [1.165, 1.54) is 0 Å². The minimum atomic E-state index is 0.0326. The van der Waals surface area contributed by atoms with Crippen molar-refractivity contribution in [1.29, 1.82) is 0 Å². The highest BCUT2D eigenvalue weighted by atomic mass is 16.5. The molecular weight excluding hydrogens is 484 g/mol. The van der Waals surface area contributed by atoms with Crippen LogP contribution in [0.2, 0.25) is 0 Å². The third kappa shape index (κ3) is 4.78. The molecule has 2 aromatic heterocycles. The number of hydrogen-bond donors (Lipinski definition) is 0. The minimum Gasteiger partial charge on any atom is -0.493 e. The van der Waals surface area contributed by atoms with E-state index in [1.807, 2.05) is 52.3 Å². The van der Waals surface area contributed by atoms with Crippen molar-refractivity contribution in [2.24, 2.45) is 0 Å². The Labute approximate surface area is 222 Å². The third-order valence-electron chi connectivity index (χ3n) is 7.18. The number of fused-ring (bicyclic) bond motifs is 1. The van der Waals surface area contributed by atoms with Crippen LogP contribution in [0.4, 0.5) is 0 Å². The molecule has 0 radical (unpaired) electrons. The van der Waals surface area contributed by atoms with E-state index in [4.69, 9.17) is 14.2 Å². The summed E-state index contributed by atoms with van der Waals surface area (Å²) in [6, 6.07) is 9.80. The van der Waals surface area contributed by atoms with Gasteiger partial charge < -0.3 is 23.7 Å². The van der Waals surface area contributed by atoms with E-state index < -0.39 is 0 Å². The van der Waals surface area contributed by atoms with E-state index in [9.17, 15) is 4.79 Å². The summed E-state index contributed by atoms with van der Waals surface area (Å²) in [6.45, 7) is 6.11. The number of nitrogens with zero attached hydrogens (tertiary/aromatic N) is 6. The first-order valence-electron chi connectivity index (χ1n) is 12.9. The maximum Gasteiger partial charge on any atom is 0.253 e. The molecule has 0 N–H and O–H groups in total. The second-order valence-electron chi connectivity index (χ2n) is 9.84. The number of carbonyl (C=O) groups is 1. The van der Waals surface area contributed by atoms with Gasteiger partial charge in [-0.05, 0) is 62.6 Å². The lowest BCUT2D eigenvalue weighted by atomic mass is 9.95. The van der Waals surface area contributed by atoms with Crippen LogP contribution in [0.5, 0.6) is 17.2 Å². The molecule has 0 spiro atoms. The Hall–Kier alpha value is -4.08. The Balaban J connectivity index is 1.27. The number of likely N-dealkylation sites (tertiary alicyclic amines) is 1. The molecule has 1 aliphatic rings. The highest BCUT2D eigenvalue weighted by Crippen LogP contribution is 2.38. The number of amides is 1. The monoisotopic (exact) mass is 518 g/mol. The summed E-state index contributed by atoms with van der Waals surface area (Å²) in [4.78, 5) is 19.9. The van der Waals surface area contributed by atoms with Gasteiger partial charge in [0.25, 0.3) is 5.91 Å². The number of ether oxygens (including phenoxy) is 3. The van der Waals surface area contributed by atoms with Crippen molar-refractivity contribution in [2.75, 3.05) is 34.4 Å². The molecule has 2 aromatic carbocycles. The van der Waals surface area contributed by atoms with Crippen LogP contribution in [0, 0.1) is 0 Å². The third-order valence-corrected chi connectivity index (χ3v) is 7.18. The predicted molar refractivity (Wildman–Crippen MR) is 143 cm³/mol. The average molecular weight is 519 g/mol. The van der Waals surface area contributed by atoms with E-state index in [2.05, 4.69) is 33.7 Å². The molecule has 1 amide bonds. The van der Waals surface area contributed by atoms with Crippen molar-refractivity contribution in [3.63, 3.8) is 0 Å². The maximum absolute atomic E-state index is 13.3. The summed E-state index contributed by atoms with van der Waals surface area (Å²) in [5, 5.41) is 8.48. The molecule has 1 saturated heterocycles. The summed E-state index contributed by atoms with van der Waals surface area (Å²) >= 11 is 0. The second kappa shape index (κ2) is 10.7. The van der Waals surface area contributed by atoms with E-state index in [1.54, 1.807) is 21.3 Å². The van der Waals surface area contributed by atoms with Gasteiger partial charge in [-0.15, -0.1) is 5.10 Å². The Morgan fingerprint density at radius 3 is 2.37 bits per heavy atom. The van der Waals surface area contributed by atoms with Crippen molar-refractivity contribution < 1.29 is 19.0 Å². The number of imidazole rings is 1. The minimum absolute atomic E-state index is 0.0326. The molecule has 200 valence electrons. The number of carbonyl (C=O) groups excluding carboxylic acids is 1. The highest BCUT2D eigenvalue weighted by Gasteiger charge is 2.27. The van der Waals surface area contributed by atoms with Crippen molar-refractivity contribution in [1.82, 2.24) is 29.4 Å². The zero-order chi connectivity index (χ0) is 26.8. The molecule has 0 aliphatic carbocycles. The number of benzene rings is 2. The van der Waals surface area contributed by atoms with Gasteiger partial charge in [-0.1, -0.05) is 5.21 Å².